The highest BCUT2D eigenvalue weighted by molar-refractivity contribution is 5.73. The van der Waals surface area contributed by atoms with Crippen LogP contribution in [0.1, 0.15) is 5.69 Å². The van der Waals surface area contributed by atoms with Crippen molar-refractivity contribution in [3.63, 3.8) is 0 Å². The molecule has 0 saturated carbocycles. The van der Waals surface area contributed by atoms with Crippen LogP contribution in [0.4, 0.5) is 5.69 Å². The van der Waals surface area contributed by atoms with Crippen LogP contribution in [-0.4, -0.2) is 24.9 Å². The van der Waals surface area contributed by atoms with Gasteiger partial charge in [-0.3, -0.25) is 0 Å². The minimum absolute atomic E-state index is 0.00453. The van der Waals surface area contributed by atoms with Crippen LogP contribution in [0.3, 0.4) is 0 Å². The van der Waals surface area contributed by atoms with Crippen LogP contribution in [0, 0.1) is 6.92 Å². The van der Waals surface area contributed by atoms with E-state index >= 15 is 0 Å². The number of aromatic hydroxyl groups is 1. The first kappa shape index (κ1) is 10.5. The number of aromatic nitrogens is 4. The maximum Gasteiger partial charge on any atom is 0.189 e. The highest BCUT2D eigenvalue weighted by Crippen LogP contribution is 2.32. The molecule has 90 valence electrons. The van der Waals surface area contributed by atoms with Crippen LogP contribution >= 0.6 is 0 Å². The Kier molecular flexibility index (Phi) is 2.16. The number of anilines is 1. The summed E-state index contributed by atoms with van der Waals surface area (Å²) < 4.78 is 1.59. The Morgan fingerprint density at radius 1 is 1.17 bits per heavy atom. The number of hydrogen-bond donors (Lipinski definition) is 2. The van der Waals surface area contributed by atoms with Gasteiger partial charge in [-0.2, -0.15) is 9.61 Å². The number of nitrogen functional groups attached to an aromatic ring is 1. The van der Waals surface area contributed by atoms with Gasteiger partial charge in [0.05, 0.1) is 16.9 Å². The summed E-state index contributed by atoms with van der Waals surface area (Å²) >= 11 is 0. The molecule has 3 aromatic rings. The van der Waals surface area contributed by atoms with Gasteiger partial charge < -0.3 is 10.8 Å². The van der Waals surface area contributed by atoms with Crippen molar-refractivity contribution in [3.8, 4) is 17.1 Å². The largest absolute Gasteiger partial charge is 0.505 e. The molecule has 0 atom stereocenters. The Morgan fingerprint density at radius 3 is 2.83 bits per heavy atom. The summed E-state index contributed by atoms with van der Waals surface area (Å²) in [6.07, 6.45) is 0. The second-order valence-electron chi connectivity index (χ2n) is 4.01. The summed E-state index contributed by atoms with van der Waals surface area (Å²) in [4.78, 5) is 0. The molecule has 0 aliphatic carbocycles. The van der Waals surface area contributed by atoms with Crippen molar-refractivity contribution in [2.45, 2.75) is 6.92 Å². The Bertz CT molecular complexity index is 734. The summed E-state index contributed by atoms with van der Waals surface area (Å²) in [7, 11) is 0. The molecule has 18 heavy (non-hydrogen) atoms. The number of nitrogens with zero attached hydrogens (tertiary/aromatic N) is 4. The van der Waals surface area contributed by atoms with E-state index in [1.807, 2.05) is 19.1 Å². The number of fused-ring (bicyclic) bond motifs is 1. The van der Waals surface area contributed by atoms with Gasteiger partial charge in [-0.05, 0) is 31.2 Å². The lowest BCUT2D eigenvalue weighted by Gasteiger charge is -2.04. The van der Waals surface area contributed by atoms with Crippen LogP contribution < -0.4 is 5.73 Å². The van der Waals surface area contributed by atoms with Crippen molar-refractivity contribution >= 4 is 11.3 Å². The Hall–Kier alpha value is -2.63. The zero-order chi connectivity index (χ0) is 12.7. The molecule has 0 fully saturated rings. The zero-order valence-corrected chi connectivity index (χ0v) is 9.70. The lowest BCUT2D eigenvalue weighted by Crippen LogP contribution is -1.97. The highest BCUT2D eigenvalue weighted by Gasteiger charge is 2.14. The van der Waals surface area contributed by atoms with E-state index in [1.54, 1.807) is 22.7 Å². The first-order valence-corrected chi connectivity index (χ1v) is 5.44. The number of aryl methyl sites for hydroxylation is 1. The topological polar surface area (TPSA) is 89.3 Å². The molecule has 0 saturated heterocycles. The fourth-order valence-corrected chi connectivity index (χ4v) is 1.79. The van der Waals surface area contributed by atoms with Crippen LogP contribution in [0.2, 0.25) is 0 Å². The van der Waals surface area contributed by atoms with Crippen molar-refractivity contribution in [1.29, 1.82) is 0 Å². The number of benzene rings is 1. The van der Waals surface area contributed by atoms with E-state index in [-0.39, 0.29) is 5.75 Å². The average molecular weight is 241 g/mol. The van der Waals surface area contributed by atoms with Crippen LogP contribution in [-0.2, 0) is 0 Å². The molecule has 6 heteroatoms. The van der Waals surface area contributed by atoms with Crippen molar-refractivity contribution in [2.75, 3.05) is 5.73 Å². The summed E-state index contributed by atoms with van der Waals surface area (Å²) in [6, 6.07) is 8.78. The number of para-hydroxylation sites is 1. The van der Waals surface area contributed by atoms with Gasteiger partial charge in [-0.15, -0.1) is 10.2 Å². The molecule has 0 radical (unpaired) electrons. The molecule has 0 unspecified atom stereocenters. The predicted octanol–water partition coefficient (Wildman–Crippen LogP) is 1.39. The smallest absolute Gasteiger partial charge is 0.189 e. The second-order valence-corrected chi connectivity index (χ2v) is 4.01. The van der Waals surface area contributed by atoms with E-state index in [9.17, 15) is 5.11 Å². The van der Waals surface area contributed by atoms with Gasteiger partial charge in [0.1, 0.15) is 5.75 Å². The Balaban J connectivity index is 2.32. The number of phenolic OH excluding ortho intramolecular Hbond substituents is 1. The maximum absolute atomic E-state index is 9.96. The van der Waals surface area contributed by atoms with Gasteiger partial charge in [-0.1, -0.05) is 6.07 Å². The maximum atomic E-state index is 9.96. The SMILES string of the molecule is Cc1ccc2nnc(-c3cccc(N)c3O)n2n1. The molecule has 0 amide bonds. The first-order valence-electron chi connectivity index (χ1n) is 5.44. The zero-order valence-electron chi connectivity index (χ0n) is 9.70. The molecule has 2 heterocycles. The molecular formula is C12H11N5O. The third-order valence-electron chi connectivity index (χ3n) is 2.70. The summed E-state index contributed by atoms with van der Waals surface area (Å²) in [6.45, 7) is 1.88. The van der Waals surface area contributed by atoms with Gasteiger partial charge in [0.2, 0.25) is 0 Å². The summed E-state index contributed by atoms with van der Waals surface area (Å²) in [5, 5.41) is 22.3. The van der Waals surface area contributed by atoms with Crippen molar-refractivity contribution in [3.05, 3.63) is 36.0 Å². The van der Waals surface area contributed by atoms with Crippen LogP contribution in [0.15, 0.2) is 30.3 Å². The van der Waals surface area contributed by atoms with E-state index in [1.165, 1.54) is 0 Å². The van der Waals surface area contributed by atoms with Crippen molar-refractivity contribution in [1.82, 2.24) is 19.8 Å². The number of nitrogens with two attached hydrogens (primary N) is 1. The number of phenols is 1. The van der Waals surface area contributed by atoms with Crippen molar-refractivity contribution in [2.24, 2.45) is 0 Å². The van der Waals surface area contributed by atoms with Crippen LogP contribution in [0.5, 0.6) is 5.75 Å². The molecular weight excluding hydrogens is 230 g/mol. The third kappa shape index (κ3) is 1.46. The van der Waals surface area contributed by atoms with Gasteiger partial charge in [0.15, 0.2) is 11.5 Å². The standard InChI is InChI=1S/C12H11N5O/c1-7-5-6-10-14-15-12(17(10)16-7)8-3-2-4-9(13)11(8)18/h2-6,18H,13H2,1H3. The van der Waals surface area contributed by atoms with E-state index in [0.29, 0.717) is 22.7 Å². The second kappa shape index (κ2) is 3.69. The summed E-state index contributed by atoms with van der Waals surface area (Å²) in [5.74, 6) is 0.466. The predicted molar refractivity (Wildman–Crippen MR) is 67.0 cm³/mol. The average Bonchev–Trinajstić information content (AvgIpc) is 2.75. The highest BCUT2D eigenvalue weighted by atomic mass is 16.3. The minimum Gasteiger partial charge on any atom is -0.505 e. The van der Waals surface area contributed by atoms with E-state index in [0.717, 1.165) is 5.69 Å². The van der Waals surface area contributed by atoms with Gasteiger partial charge in [0, 0.05) is 0 Å². The molecule has 3 N–H and O–H groups in total. The molecule has 2 aromatic heterocycles. The minimum atomic E-state index is -0.00453. The first-order chi connectivity index (χ1) is 8.66. The number of hydrogen-bond acceptors (Lipinski definition) is 5. The fourth-order valence-electron chi connectivity index (χ4n) is 1.79. The monoisotopic (exact) mass is 241 g/mol. The Morgan fingerprint density at radius 2 is 2.00 bits per heavy atom. The summed E-state index contributed by atoms with van der Waals surface area (Å²) in [5.41, 5.74) is 7.95. The molecule has 6 nitrogen and oxygen atoms in total. The normalized spacial score (nSPS) is 10.9. The molecule has 0 aliphatic heterocycles. The van der Waals surface area contributed by atoms with Gasteiger partial charge >= 0.3 is 0 Å². The molecule has 0 spiro atoms. The van der Waals surface area contributed by atoms with E-state index < -0.39 is 0 Å². The molecule has 0 bridgehead atoms. The molecule has 0 aliphatic rings. The van der Waals surface area contributed by atoms with E-state index in [2.05, 4.69) is 15.3 Å². The molecule has 1 aromatic carbocycles. The lowest BCUT2D eigenvalue weighted by atomic mass is 10.1. The van der Waals surface area contributed by atoms with Gasteiger partial charge in [0.25, 0.3) is 0 Å². The number of rotatable bonds is 1. The Labute approximate surface area is 103 Å². The van der Waals surface area contributed by atoms with Gasteiger partial charge in [-0.25, -0.2) is 0 Å². The molecule has 3 rings (SSSR count). The van der Waals surface area contributed by atoms with E-state index in [4.69, 9.17) is 5.73 Å². The third-order valence-corrected chi connectivity index (χ3v) is 2.70. The van der Waals surface area contributed by atoms with Crippen molar-refractivity contribution < 1.29 is 5.11 Å². The van der Waals surface area contributed by atoms with Crippen LogP contribution in [0.25, 0.3) is 17.0 Å². The quantitative estimate of drug-likeness (QED) is 0.496. The lowest BCUT2D eigenvalue weighted by molar-refractivity contribution is 0.479. The fraction of sp³-hybridized carbons (Fsp3) is 0.0833.